The van der Waals surface area contributed by atoms with Crippen molar-refractivity contribution in [1.82, 2.24) is 9.80 Å². The number of piperidine rings is 1. The minimum absolute atomic E-state index is 0.0770. The highest BCUT2D eigenvalue weighted by Gasteiger charge is 2.47. The molecule has 2 rings (SSSR count). The Morgan fingerprint density at radius 2 is 1.82 bits per heavy atom. The van der Waals surface area contributed by atoms with Crippen molar-refractivity contribution in [3.63, 3.8) is 0 Å². The van der Waals surface area contributed by atoms with Gasteiger partial charge >= 0.3 is 6.09 Å². The summed E-state index contributed by atoms with van der Waals surface area (Å²) >= 11 is 0. The molecule has 2 atom stereocenters. The molecule has 160 valence electrons. The molecule has 0 spiro atoms. The van der Waals surface area contributed by atoms with Crippen molar-refractivity contribution in [2.75, 3.05) is 19.6 Å². The summed E-state index contributed by atoms with van der Waals surface area (Å²) in [5.74, 6) is -2.23. The number of β-amino-alcohol motifs (C(OH)–C–C–N with tert-alkyl or cyclic N) is 1. The van der Waals surface area contributed by atoms with Crippen molar-refractivity contribution in [2.45, 2.75) is 71.1 Å². The van der Waals surface area contributed by atoms with Crippen LogP contribution in [0.2, 0.25) is 0 Å². The monoisotopic (exact) mass is 396 g/mol. The van der Waals surface area contributed by atoms with Crippen LogP contribution in [0.3, 0.4) is 0 Å². The van der Waals surface area contributed by atoms with Crippen LogP contribution in [-0.2, 0) is 4.74 Å². The van der Waals surface area contributed by atoms with Crippen LogP contribution in [0.5, 0.6) is 0 Å². The number of allylic oxidation sites excluding steroid dienone is 1. The van der Waals surface area contributed by atoms with Gasteiger partial charge in [0.15, 0.2) is 0 Å². The number of amides is 1. The molecular formula is C21H36N2O5. The number of ether oxygens (including phenoxy) is 1. The second-order valence-corrected chi connectivity index (χ2v) is 7.78. The number of hydrogen-bond acceptors (Lipinski definition) is 6. The summed E-state index contributed by atoms with van der Waals surface area (Å²) in [6, 6.07) is -0.495. The van der Waals surface area contributed by atoms with Crippen molar-refractivity contribution in [1.29, 1.82) is 0 Å². The molecule has 1 fully saturated rings. The van der Waals surface area contributed by atoms with Crippen LogP contribution in [0, 0.1) is 0 Å². The van der Waals surface area contributed by atoms with E-state index in [1.165, 1.54) is 15.9 Å². The first-order valence-electron chi connectivity index (χ1n) is 9.87. The first-order chi connectivity index (χ1) is 13.0. The molecule has 0 aromatic rings. The highest BCUT2D eigenvalue weighted by Crippen LogP contribution is 2.35. The van der Waals surface area contributed by atoms with E-state index in [0.29, 0.717) is 25.9 Å². The van der Waals surface area contributed by atoms with Crippen LogP contribution in [0.1, 0.15) is 47.5 Å². The van der Waals surface area contributed by atoms with Crippen molar-refractivity contribution in [3.05, 3.63) is 36.5 Å². The van der Waals surface area contributed by atoms with E-state index in [-0.39, 0.29) is 12.1 Å². The van der Waals surface area contributed by atoms with Gasteiger partial charge in [-0.2, -0.15) is 0 Å². The molecule has 0 aromatic heterocycles. The zero-order valence-electron chi connectivity index (χ0n) is 17.8. The molecule has 0 aromatic carbocycles. The maximum absolute atomic E-state index is 12.2. The summed E-state index contributed by atoms with van der Waals surface area (Å²) in [6.07, 6.45) is 2.58. The van der Waals surface area contributed by atoms with Gasteiger partial charge in [-0.05, 0) is 39.2 Å². The molecule has 7 heteroatoms. The van der Waals surface area contributed by atoms with Crippen LogP contribution >= 0.6 is 0 Å². The largest absolute Gasteiger partial charge is 0.444 e. The molecule has 3 N–H and O–H groups in total. The van der Waals surface area contributed by atoms with E-state index in [9.17, 15) is 20.1 Å². The molecule has 28 heavy (non-hydrogen) atoms. The number of carbonyl (C=O) groups is 1. The normalized spacial score (nSPS) is 25.5. The van der Waals surface area contributed by atoms with Gasteiger partial charge in [0.2, 0.25) is 0 Å². The quantitative estimate of drug-likeness (QED) is 0.634. The van der Waals surface area contributed by atoms with E-state index in [4.69, 9.17) is 4.74 Å². The number of hydrogen-bond donors (Lipinski definition) is 3. The standard InChI is InChI=1S/C19H30N2O5.C2H6/c1-6-13-8-11-21(19(24,25)14(13)7-2)15-9-10-20(12-16(15)22)17(23)26-18(3,4)5;1-2/h6-7,15-16,22,24-25H,1-2,8-12H2,3-5H3;1-2H3. The summed E-state index contributed by atoms with van der Waals surface area (Å²) in [7, 11) is 0. The number of nitrogens with zero attached hydrogens (tertiary/aromatic N) is 2. The Bertz CT molecular complexity index is 606. The fourth-order valence-corrected chi connectivity index (χ4v) is 3.55. The molecule has 0 bridgehead atoms. The van der Waals surface area contributed by atoms with Gasteiger partial charge in [-0.3, -0.25) is 0 Å². The van der Waals surface area contributed by atoms with Gasteiger partial charge in [0.05, 0.1) is 12.6 Å². The van der Waals surface area contributed by atoms with E-state index < -0.39 is 29.8 Å². The number of rotatable bonds is 3. The average Bonchev–Trinajstić information content (AvgIpc) is 2.61. The molecule has 0 saturated carbocycles. The Kier molecular flexibility index (Phi) is 8.44. The Morgan fingerprint density at radius 3 is 2.29 bits per heavy atom. The molecule has 2 heterocycles. The summed E-state index contributed by atoms with van der Waals surface area (Å²) in [5.41, 5.74) is 0.393. The minimum Gasteiger partial charge on any atom is -0.444 e. The van der Waals surface area contributed by atoms with Crippen molar-refractivity contribution < 1.29 is 24.9 Å². The van der Waals surface area contributed by atoms with E-state index >= 15 is 0 Å². The second-order valence-electron chi connectivity index (χ2n) is 7.78. The Morgan fingerprint density at radius 1 is 1.21 bits per heavy atom. The molecule has 1 saturated heterocycles. The summed E-state index contributed by atoms with van der Waals surface area (Å²) in [5, 5.41) is 31.9. The van der Waals surface area contributed by atoms with Crippen molar-refractivity contribution in [3.8, 4) is 0 Å². The second kappa shape index (κ2) is 9.69. The van der Waals surface area contributed by atoms with Gasteiger partial charge in [-0.25, -0.2) is 9.69 Å². The third-order valence-electron chi connectivity index (χ3n) is 4.78. The number of aliphatic hydroxyl groups is 3. The third kappa shape index (κ3) is 5.44. The topological polar surface area (TPSA) is 93.5 Å². The highest BCUT2D eigenvalue weighted by atomic mass is 16.6. The van der Waals surface area contributed by atoms with Crippen LogP contribution in [0.4, 0.5) is 4.79 Å². The van der Waals surface area contributed by atoms with E-state index in [1.807, 2.05) is 13.8 Å². The van der Waals surface area contributed by atoms with E-state index in [0.717, 1.165) is 5.57 Å². The summed E-state index contributed by atoms with van der Waals surface area (Å²) < 4.78 is 5.34. The highest BCUT2D eigenvalue weighted by molar-refractivity contribution is 5.68. The van der Waals surface area contributed by atoms with Crippen molar-refractivity contribution in [2.24, 2.45) is 0 Å². The Labute approximate surface area is 168 Å². The van der Waals surface area contributed by atoms with Crippen LogP contribution in [-0.4, -0.2) is 74.5 Å². The lowest BCUT2D eigenvalue weighted by Gasteiger charge is -2.48. The molecule has 0 aliphatic carbocycles. The zero-order valence-corrected chi connectivity index (χ0v) is 17.8. The van der Waals surface area contributed by atoms with Crippen LogP contribution in [0.15, 0.2) is 36.5 Å². The lowest BCUT2D eigenvalue weighted by Crippen LogP contribution is -2.64. The fraction of sp³-hybridized carbons (Fsp3) is 0.667. The third-order valence-corrected chi connectivity index (χ3v) is 4.78. The van der Waals surface area contributed by atoms with Crippen molar-refractivity contribution >= 4 is 6.09 Å². The van der Waals surface area contributed by atoms with Gasteiger partial charge in [-0.15, -0.1) is 0 Å². The Balaban J connectivity index is 0.00000190. The molecule has 1 amide bonds. The molecule has 7 nitrogen and oxygen atoms in total. The summed E-state index contributed by atoms with van der Waals surface area (Å²) in [4.78, 5) is 15.1. The summed E-state index contributed by atoms with van der Waals surface area (Å²) in [6.45, 7) is 17.5. The lowest BCUT2D eigenvalue weighted by atomic mass is 9.91. The van der Waals surface area contributed by atoms with Gasteiger partial charge in [0.1, 0.15) is 5.60 Å². The fourth-order valence-electron chi connectivity index (χ4n) is 3.55. The smallest absolute Gasteiger partial charge is 0.410 e. The number of likely N-dealkylation sites (tertiary alicyclic amines) is 1. The maximum Gasteiger partial charge on any atom is 0.410 e. The first-order valence-corrected chi connectivity index (χ1v) is 9.87. The average molecular weight is 397 g/mol. The van der Waals surface area contributed by atoms with Gasteiger partial charge < -0.3 is 25.0 Å². The lowest BCUT2D eigenvalue weighted by molar-refractivity contribution is -0.261. The SMILES string of the molecule is C=CC1=C(C=C)C(O)(O)N(C2CCN(C(=O)OC(C)(C)C)CC2O)CC1.CC. The molecular weight excluding hydrogens is 360 g/mol. The van der Waals surface area contributed by atoms with E-state index in [2.05, 4.69) is 13.2 Å². The molecule has 2 unspecified atom stereocenters. The predicted octanol–water partition coefficient (Wildman–Crippen LogP) is 2.40. The van der Waals surface area contributed by atoms with Gasteiger partial charge in [0, 0.05) is 24.7 Å². The molecule has 2 aliphatic heterocycles. The zero-order chi connectivity index (χ0) is 21.7. The molecule has 2 aliphatic rings. The van der Waals surface area contributed by atoms with Gasteiger partial charge in [-0.1, -0.05) is 39.2 Å². The van der Waals surface area contributed by atoms with Crippen LogP contribution in [0.25, 0.3) is 0 Å². The molecule has 0 radical (unpaired) electrons. The first kappa shape index (κ1) is 24.4. The number of aliphatic hydroxyl groups excluding tert-OH is 1. The predicted molar refractivity (Wildman–Crippen MR) is 109 cm³/mol. The van der Waals surface area contributed by atoms with Crippen LogP contribution < -0.4 is 0 Å². The van der Waals surface area contributed by atoms with E-state index in [1.54, 1.807) is 26.8 Å². The number of carbonyl (C=O) groups excluding carboxylic acids is 1. The minimum atomic E-state index is -2.23. The van der Waals surface area contributed by atoms with Gasteiger partial charge in [0.25, 0.3) is 5.91 Å². The Hall–Kier alpha value is -1.67. The maximum atomic E-state index is 12.2.